The summed E-state index contributed by atoms with van der Waals surface area (Å²) in [5, 5.41) is 14.5. The molecule has 60 heavy (non-hydrogen) atoms. The zero-order valence-electron chi connectivity index (χ0n) is 37.5. The molecule has 16 heteroatoms. The van der Waals surface area contributed by atoms with Crippen molar-refractivity contribution in [2.75, 3.05) is 40.1 Å². The average molecular weight is 841 g/mol. The van der Waals surface area contributed by atoms with Gasteiger partial charge in [0.05, 0.1) is 35.9 Å². The number of aromatic nitrogens is 3. The zero-order chi connectivity index (χ0) is 44.3. The summed E-state index contributed by atoms with van der Waals surface area (Å²) in [4.78, 5) is 69.4. The van der Waals surface area contributed by atoms with Crippen LogP contribution in [0.5, 0.6) is 0 Å². The number of anilines is 1. The summed E-state index contributed by atoms with van der Waals surface area (Å²) in [6, 6.07) is 2.77. The van der Waals surface area contributed by atoms with Gasteiger partial charge in [-0.15, -0.1) is 0 Å². The van der Waals surface area contributed by atoms with Crippen molar-refractivity contribution in [3.05, 3.63) is 30.9 Å². The van der Waals surface area contributed by atoms with Crippen LogP contribution >= 0.6 is 0 Å². The molecule has 13 atom stereocenters. The molecule has 0 spiro atoms. The first kappa shape index (κ1) is 47.1. The lowest BCUT2D eigenvalue weighted by molar-refractivity contribution is -0.295. The zero-order valence-corrected chi connectivity index (χ0v) is 37.5. The van der Waals surface area contributed by atoms with Crippen molar-refractivity contribution in [3.8, 4) is 11.3 Å². The van der Waals surface area contributed by atoms with Crippen molar-refractivity contribution in [2.24, 2.45) is 23.7 Å². The molecule has 0 radical (unpaired) electrons. The quantitative estimate of drug-likeness (QED) is 0.166. The maximum atomic E-state index is 14.7. The number of esters is 1. The van der Waals surface area contributed by atoms with Crippen LogP contribution in [0.3, 0.4) is 0 Å². The van der Waals surface area contributed by atoms with Gasteiger partial charge >= 0.3 is 12.1 Å². The number of nitrogens with zero attached hydrogens (tertiary/aromatic N) is 5. The van der Waals surface area contributed by atoms with E-state index in [9.17, 15) is 24.3 Å². The third-order valence-corrected chi connectivity index (χ3v) is 13.2. The number of pyridine rings is 1. The molecular formula is C44H68N6O10. The van der Waals surface area contributed by atoms with E-state index in [4.69, 9.17) is 23.7 Å². The Balaban J connectivity index is 1.42. The molecule has 0 saturated carbocycles. The van der Waals surface area contributed by atoms with Gasteiger partial charge in [-0.25, -0.2) is 14.8 Å². The van der Waals surface area contributed by atoms with Gasteiger partial charge < -0.3 is 48.5 Å². The lowest BCUT2D eigenvalue weighted by Gasteiger charge is -2.47. The van der Waals surface area contributed by atoms with Gasteiger partial charge in [0.1, 0.15) is 29.7 Å². The Morgan fingerprint density at radius 1 is 1.00 bits per heavy atom. The molecule has 0 aromatic carbocycles. The third kappa shape index (κ3) is 9.72. The number of unbranched alkanes of at least 4 members (excludes halogenated alkanes) is 1. The van der Waals surface area contributed by atoms with E-state index >= 15 is 0 Å². The Labute approximate surface area is 355 Å². The smallest absolute Gasteiger partial charge is 0.410 e. The summed E-state index contributed by atoms with van der Waals surface area (Å²) in [6.45, 7) is 14.9. The summed E-state index contributed by atoms with van der Waals surface area (Å²) in [5.41, 5.74) is -0.987. The third-order valence-electron chi connectivity index (χ3n) is 13.2. The second-order valence-electron chi connectivity index (χ2n) is 17.8. The predicted octanol–water partition coefficient (Wildman–Crippen LogP) is 4.97. The van der Waals surface area contributed by atoms with Crippen LogP contribution in [-0.4, -0.2) is 142 Å². The van der Waals surface area contributed by atoms with E-state index in [2.05, 4.69) is 15.3 Å². The van der Waals surface area contributed by atoms with E-state index < -0.39 is 83.4 Å². The van der Waals surface area contributed by atoms with Crippen LogP contribution in [0, 0.1) is 23.7 Å². The highest BCUT2D eigenvalue weighted by atomic mass is 16.7. The standard InChI is InChI=1S/C44H68N6O10/c1-13-33-44(8)38(50(42(55)60-44)19-15-14-18-49-23-31(47-24-49)30-16-17-34(45-9)46-22-30)27(4)35(51)25(2)21-43(7,56-12)39(28(5)36(52)29(6)40(54)58-33)59-41-37(53)32(48(10)11)20-26(3)57-41/h16-17,22-29,32-33,37-39,41,53H,13-15,18-21H2,1-12H3,(H,45,46)/t25-,26-,27-,28+,29-,32+,33+,37-,38-,39?,41?,43+,44-/m1/s1. The second-order valence-corrected chi connectivity index (χ2v) is 17.8. The number of ether oxygens (including phenoxy) is 5. The molecule has 5 rings (SSSR count). The first-order valence-electron chi connectivity index (χ1n) is 21.4. The van der Waals surface area contributed by atoms with Crippen molar-refractivity contribution in [1.82, 2.24) is 24.3 Å². The molecule has 16 nitrogen and oxygen atoms in total. The first-order chi connectivity index (χ1) is 28.3. The number of nitrogens with one attached hydrogen (secondary N) is 1. The number of likely N-dealkylation sites (N-methyl/N-ethyl adjacent to an activating group) is 1. The van der Waals surface area contributed by atoms with E-state index in [1.165, 1.54) is 14.0 Å². The number of cyclic esters (lactones) is 1. The Kier molecular flexibility index (Phi) is 15.2. The number of amides is 1. The van der Waals surface area contributed by atoms with Crippen LogP contribution < -0.4 is 5.32 Å². The maximum absolute atomic E-state index is 14.7. The Hall–Kier alpha value is -3.96. The molecule has 2 N–H and O–H groups in total. The van der Waals surface area contributed by atoms with Crippen LogP contribution in [0.2, 0.25) is 0 Å². The Bertz CT molecular complexity index is 1810. The lowest BCUT2D eigenvalue weighted by Crippen LogP contribution is -2.60. The molecule has 2 unspecified atom stereocenters. The maximum Gasteiger partial charge on any atom is 0.410 e. The Morgan fingerprint density at radius 2 is 1.70 bits per heavy atom. The minimum absolute atomic E-state index is 0.126. The van der Waals surface area contributed by atoms with E-state index in [1.807, 2.05) is 69.7 Å². The van der Waals surface area contributed by atoms with Crippen LogP contribution in [0.1, 0.15) is 87.5 Å². The number of carbonyl (C=O) groups excluding carboxylic acids is 4. The van der Waals surface area contributed by atoms with E-state index in [0.29, 0.717) is 32.4 Å². The van der Waals surface area contributed by atoms with Gasteiger partial charge in [0, 0.05) is 69.0 Å². The lowest BCUT2D eigenvalue weighted by atomic mass is 9.73. The van der Waals surface area contributed by atoms with Crippen molar-refractivity contribution in [1.29, 1.82) is 0 Å². The number of aliphatic hydroxyl groups excluding tert-OH is 1. The molecule has 3 aliphatic rings. The molecule has 5 heterocycles. The van der Waals surface area contributed by atoms with Crippen LogP contribution in [0.4, 0.5) is 10.6 Å². The number of Topliss-reactive ketones (excluding diaryl/α,β-unsaturated/α-hetero) is 2. The van der Waals surface area contributed by atoms with Gasteiger partial charge in [-0.2, -0.15) is 0 Å². The van der Waals surface area contributed by atoms with Crippen molar-refractivity contribution < 1.29 is 48.0 Å². The molecular weight excluding hydrogens is 773 g/mol. The molecule has 0 aliphatic carbocycles. The summed E-state index contributed by atoms with van der Waals surface area (Å²) in [7, 11) is 7.05. The van der Waals surface area contributed by atoms with E-state index in [-0.39, 0.29) is 30.8 Å². The molecule has 3 aliphatic heterocycles. The second kappa shape index (κ2) is 19.4. The number of fused-ring (bicyclic) bond motifs is 1. The highest BCUT2D eigenvalue weighted by Gasteiger charge is 2.60. The van der Waals surface area contributed by atoms with Gasteiger partial charge in [-0.1, -0.05) is 27.7 Å². The summed E-state index contributed by atoms with van der Waals surface area (Å²) >= 11 is 0. The number of aliphatic hydroxyl groups is 1. The Morgan fingerprint density at radius 3 is 2.32 bits per heavy atom. The van der Waals surface area contributed by atoms with Gasteiger partial charge in [0.2, 0.25) is 0 Å². The molecule has 334 valence electrons. The number of imidazole rings is 1. The first-order valence-corrected chi connectivity index (χ1v) is 21.4. The van der Waals surface area contributed by atoms with Crippen LogP contribution in [0.25, 0.3) is 11.3 Å². The van der Waals surface area contributed by atoms with Gasteiger partial charge in [0.15, 0.2) is 17.7 Å². The minimum Gasteiger partial charge on any atom is -0.458 e. The number of hydrogen-bond donors (Lipinski definition) is 2. The minimum atomic E-state index is -1.41. The summed E-state index contributed by atoms with van der Waals surface area (Å²) in [6.07, 6.45) is 2.69. The van der Waals surface area contributed by atoms with Crippen molar-refractivity contribution >= 4 is 29.4 Å². The molecule has 3 saturated heterocycles. The monoisotopic (exact) mass is 840 g/mol. The predicted molar refractivity (Wildman–Crippen MR) is 224 cm³/mol. The number of aryl methyl sites for hydroxylation is 1. The average Bonchev–Trinajstić information content (AvgIpc) is 3.80. The number of hydrogen-bond acceptors (Lipinski definition) is 14. The number of ketones is 2. The van der Waals surface area contributed by atoms with Crippen LogP contribution in [-0.2, 0) is 44.6 Å². The summed E-state index contributed by atoms with van der Waals surface area (Å²) in [5.74, 6) is -4.21. The van der Waals surface area contributed by atoms with E-state index in [1.54, 1.807) is 45.1 Å². The van der Waals surface area contributed by atoms with Gasteiger partial charge in [0.25, 0.3) is 0 Å². The molecule has 2 aromatic heterocycles. The van der Waals surface area contributed by atoms with Gasteiger partial charge in [-0.05, 0) is 86.0 Å². The normalized spacial score (nSPS) is 35.8. The number of rotatable bonds is 12. The fourth-order valence-electron chi connectivity index (χ4n) is 9.61. The fourth-order valence-corrected chi connectivity index (χ4v) is 9.61. The van der Waals surface area contributed by atoms with Crippen molar-refractivity contribution in [2.45, 2.75) is 148 Å². The van der Waals surface area contributed by atoms with Gasteiger partial charge in [-0.3, -0.25) is 14.4 Å². The van der Waals surface area contributed by atoms with E-state index in [0.717, 1.165) is 17.1 Å². The topological polar surface area (TPSA) is 184 Å². The largest absolute Gasteiger partial charge is 0.458 e. The fraction of sp³-hybridized carbons (Fsp3) is 0.727. The molecule has 3 fully saturated rings. The number of methoxy groups -OCH3 is 1. The highest BCUT2D eigenvalue weighted by Crippen LogP contribution is 2.43. The molecule has 0 bridgehead atoms. The summed E-state index contributed by atoms with van der Waals surface area (Å²) < 4.78 is 33.2. The number of carbonyl (C=O) groups is 4. The highest BCUT2D eigenvalue weighted by molar-refractivity contribution is 6.00. The molecule has 1 amide bonds. The SMILES string of the molecule is CC[C@@H]1OC(=O)[C@H](C)C(=O)[C@H](C)C(OC2O[C@H](C)C[C@H](N(C)C)[C@H]2O)[C@@](C)(OC)C[C@@H](C)C(=O)[C@@H](C)[C@H]2N(CCCCn3cnc(-c4ccc(NC)nc4)c3)C(=O)O[C@]12C. The van der Waals surface area contributed by atoms with Crippen LogP contribution in [0.15, 0.2) is 30.9 Å². The van der Waals surface area contributed by atoms with Crippen molar-refractivity contribution in [3.63, 3.8) is 0 Å². The molecule has 2 aromatic rings.